The molecule has 0 unspecified atom stereocenters. The number of hydrogen-bond acceptors (Lipinski definition) is 5. The molecule has 1 N–H and O–H groups in total. The number of anilines is 1. The van der Waals surface area contributed by atoms with Crippen molar-refractivity contribution < 1.29 is 17.9 Å². The van der Waals surface area contributed by atoms with Gasteiger partial charge in [0.15, 0.2) is 0 Å². The SMILES string of the molecule is COc1ccc(CC(=O)Nc2ccc3c(c2)CN(S(=O)(=O)c2cccs2)CC3)cc1. The number of ether oxygens (including phenoxy) is 1. The van der Waals surface area contributed by atoms with Crippen LogP contribution in [-0.4, -0.2) is 32.3 Å². The van der Waals surface area contributed by atoms with E-state index in [2.05, 4.69) is 5.32 Å². The molecule has 4 rings (SSSR count). The molecule has 0 fully saturated rings. The summed E-state index contributed by atoms with van der Waals surface area (Å²) >= 11 is 1.23. The first-order valence-corrected chi connectivity index (χ1v) is 11.9. The standard InChI is InChI=1S/C22H22N2O4S2/c1-28-20-8-4-16(5-9-20)13-21(25)23-19-7-6-17-10-11-24(15-18(17)14-19)30(26,27)22-3-2-12-29-22/h2-9,12,14H,10-11,13,15H2,1H3,(H,23,25). The molecule has 1 aliphatic heterocycles. The van der Waals surface area contributed by atoms with Crippen LogP contribution < -0.4 is 10.1 Å². The van der Waals surface area contributed by atoms with Gasteiger partial charge in [-0.25, -0.2) is 8.42 Å². The normalized spacial score (nSPS) is 14.2. The number of amides is 1. The number of nitrogens with zero attached hydrogens (tertiary/aromatic N) is 1. The summed E-state index contributed by atoms with van der Waals surface area (Å²) in [6.07, 6.45) is 0.903. The van der Waals surface area contributed by atoms with Crippen LogP contribution in [0.1, 0.15) is 16.7 Å². The maximum atomic E-state index is 12.8. The van der Waals surface area contributed by atoms with Crippen molar-refractivity contribution in [3.05, 3.63) is 76.7 Å². The molecule has 30 heavy (non-hydrogen) atoms. The van der Waals surface area contributed by atoms with Gasteiger partial charge < -0.3 is 10.1 Å². The van der Waals surface area contributed by atoms with Crippen LogP contribution in [0, 0.1) is 0 Å². The Hall–Kier alpha value is -2.68. The lowest BCUT2D eigenvalue weighted by atomic mass is 10.0. The van der Waals surface area contributed by atoms with Gasteiger partial charge in [-0.3, -0.25) is 4.79 Å². The van der Waals surface area contributed by atoms with Gasteiger partial charge in [-0.15, -0.1) is 11.3 Å². The van der Waals surface area contributed by atoms with Crippen LogP contribution in [0.2, 0.25) is 0 Å². The zero-order valence-corrected chi connectivity index (χ0v) is 18.1. The van der Waals surface area contributed by atoms with Gasteiger partial charge in [0.05, 0.1) is 13.5 Å². The fraction of sp³-hybridized carbons (Fsp3) is 0.227. The van der Waals surface area contributed by atoms with E-state index in [9.17, 15) is 13.2 Å². The van der Waals surface area contributed by atoms with Crippen molar-refractivity contribution in [2.24, 2.45) is 0 Å². The van der Waals surface area contributed by atoms with Crippen molar-refractivity contribution in [1.82, 2.24) is 4.31 Å². The Morgan fingerprint density at radius 1 is 1.13 bits per heavy atom. The van der Waals surface area contributed by atoms with E-state index in [0.29, 0.717) is 29.4 Å². The first-order chi connectivity index (χ1) is 14.5. The van der Waals surface area contributed by atoms with Crippen LogP contribution in [0.4, 0.5) is 5.69 Å². The molecule has 0 saturated heterocycles. The lowest BCUT2D eigenvalue weighted by Crippen LogP contribution is -2.35. The number of nitrogens with one attached hydrogen (secondary N) is 1. The quantitative estimate of drug-likeness (QED) is 0.632. The highest BCUT2D eigenvalue weighted by atomic mass is 32.2. The monoisotopic (exact) mass is 442 g/mol. The number of fused-ring (bicyclic) bond motifs is 1. The van der Waals surface area contributed by atoms with Crippen LogP contribution in [0.15, 0.2) is 64.2 Å². The van der Waals surface area contributed by atoms with Gasteiger partial charge in [0.2, 0.25) is 5.91 Å². The Bertz CT molecular complexity index is 1140. The molecule has 1 amide bonds. The molecular weight excluding hydrogens is 420 g/mol. The van der Waals surface area contributed by atoms with Crippen molar-refractivity contribution >= 4 is 33.0 Å². The number of sulfonamides is 1. The van der Waals surface area contributed by atoms with Crippen LogP contribution in [0.5, 0.6) is 5.75 Å². The highest BCUT2D eigenvalue weighted by molar-refractivity contribution is 7.91. The molecule has 8 heteroatoms. The zero-order chi connectivity index (χ0) is 21.1. The van der Waals surface area contributed by atoms with E-state index in [-0.39, 0.29) is 12.3 Å². The number of hydrogen-bond donors (Lipinski definition) is 1. The van der Waals surface area contributed by atoms with Gasteiger partial charge in [-0.05, 0) is 58.8 Å². The van der Waals surface area contributed by atoms with E-state index in [4.69, 9.17) is 4.74 Å². The van der Waals surface area contributed by atoms with Crippen LogP contribution in [-0.2, 0) is 34.2 Å². The Balaban J connectivity index is 1.45. The minimum Gasteiger partial charge on any atom is -0.497 e. The third-order valence-electron chi connectivity index (χ3n) is 5.08. The first kappa shape index (κ1) is 20.6. The van der Waals surface area contributed by atoms with Gasteiger partial charge in [-0.2, -0.15) is 4.31 Å². The number of carbonyl (C=O) groups is 1. The number of thiophene rings is 1. The number of benzene rings is 2. The minimum atomic E-state index is -3.49. The molecule has 0 radical (unpaired) electrons. The predicted molar refractivity (Wildman–Crippen MR) is 117 cm³/mol. The summed E-state index contributed by atoms with van der Waals surface area (Å²) in [5, 5.41) is 4.68. The van der Waals surface area contributed by atoms with Crippen molar-refractivity contribution in [1.29, 1.82) is 0 Å². The van der Waals surface area contributed by atoms with Gasteiger partial charge >= 0.3 is 0 Å². The average Bonchev–Trinajstić information content (AvgIpc) is 3.29. The van der Waals surface area contributed by atoms with Crippen molar-refractivity contribution in [2.45, 2.75) is 23.6 Å². The number of carbonyl (C=O) groups excluding carboxylic acids is 1. The summed E-state index contributed by atoms with van der Waals surface area (Å²) in [4.78, 5) is 12.4. The van der Waals surface area contributed by atoms with Gasteiger partial charge in [0.25, 0.3) is 10.0 Å². The Morgan fingerprint density at radius 2 is 1.93 bits per heavy atom. The first-order valence-electron chi connectivity index (χ1n) is 9.54. The number of rotatable bonds is 6. The number of methoxy groups -OCH3 is 1. The van der Waals surface area contributed by atoms with E-state index >= 15 is 0 Å². The summed E-state index contributed by atoms with van der Waals surface area (Å²) in [7, 11) is -1.89. The van der Waals surface area contributed by atoms with Crippen LogP contribution in [0.25, 0.3) is 0 Å². The lowest BCUT2D eigenvalue weighted by Gasteiger charge is -2.28. The second-order valence-electron chi connectivity index (χ2n) is 7.08. The molecule has 0 aliphatic carbocycles. The van der Waals surface area contributed by atoms with E-state index in [0.717, 1.165) is 22.4 Å². The zero-order valence-electron chi connectivity index (χ0n) is 16.5. The molecule has 0 spiro atoms. The topological polar surface area (TPSA) is 75.7 Å². The van der Waals surface area contributed by atoms with E-state index in [1.807, 2.05) is 42.5 Å². The smallest absolute Gasteiger partial charge is 0.252 e. The molecule has 0 atom stereocenters. The average molecular weight is 443 g/mol. The largest absolute Gasteiger partial charge is 0.497 e. The Labute approximate surface area is 180 Å². The molecule has 1 aliphatic rings. The highest BCUT2D eigenvalue weighted by Gasteiger charge is 2.29. The molecule has 0 bridgehead atoms. The van der Waals surface area contributed by atoms with Gasteiger partial charge in [0.1, 0.15) is 9.96 Å². The minimum absolute atomic E-state index is 0.126. The summed E-state index contributed by atoms with van der Waals surface area (Å²) in [5.41, 5.74) is 3.59. The molecule has 2 heterocycles. The van der Waals surface area contributed by atoms with Crippen LogP contribution >= 0.6 is 11.3 Å². The van der Waals surface area contributed by atoms with Crippen molar-refractivity contribution in [3.63, 3.8) is 0 Å². The third-order valence-corrected chi connectivity index (χ3v) is 8.30. The van der Waals surface area contributed by atoms with Crippen LogP contribution in [0.3, 0.4) is 0 Å². The lowest BCUT2D eigenvalue weighted by molar-refractivity contribution is -0.115. The molecule has 156 valence electrons. The van der Waals surface area contributed by atoms with E-state index < -0.39 is 10.0 Å². The summed E-state index contributed by atoms with van der Waals surface area (Å²) in [6.45, 7) is 0.758. The van der Waals surface area contributed by atoms with Crippen molar-refractivity contribution in [2.75, 3.05) is 19.0 Å². The summed E-state index contributed by atoms with van der Waals surface area (Å²) < 4.78 is 32.6. The fourth-order valence-electron chi connectivity index (χ4n) is 3.49. The van der Waals surface area contributed by atoms with Gasteiger partial charge in [0, 0.05) is 18.8 Å². The van der Waals surface area contributed by atoms with E-state index in [1.165, 1.54) is 15.6 Å². The summed E-state index contributed by atoms with van der Waals surface area (Å²) in [5.74, 6) is 0.620. The second-order valence-corrected chi connectivity index (χ2v) is 10.2. The second kappa shape index (κ2) is 8.59. The molecule has 3 aromatic rings. The molecule has 2 aromatic carbocycles. The predicted octanol–water partition coefficient (Wildman–Crippen LogP) is 3.68. The highest BCUT2D eigenvalue weighted by Crippen LogP contribution is 2.28. The fourth-order valence-corrected chi connectivity index (χ4v) is 6.05. The molecule has 1 aromatic heterocycles. The maximum absolute atomic E-state index is 12.8. The summed E-state index contributed by atoms with van der Waals surface area (Å²) in [6, 6.07) is 16.4. The third kappa shape index (κ3) is 4.40. The Kier molecular flexibility index (Phi) is 5.90. The maximum Gasteiger partial charge on any atom is 0.252 e. The molecule has 0 saturated carbocycles. The molecule has 6 nitrogen and oxygen atoms in total. The Morgan fingerprint density at radius 3 is 2.63 bits per heavy atom. The van der Waals surface area contributed by atoms with Gasteiger partial charge in [-0.1, -0.05) is 24.3 Å². The van der Waals surface area contributed by atoms with E-state index in [1.54, 1.807) is 24.6 Å². The van der Waals surface area contributed by atoms with Crippen molar-refractivity contribution in [3.8, 4) is 5.75 Å². The molecular formula is C22H22N2O4S2.